The van der Waals surface area contributed by atoms with Gasteiger partial charge in [0.2, 0.25) is 21.8 Å². The lowest BCUT2D eigenvalue weighted by molar-refractivity contribution is -0.141. The van der Waals surface area contributed by atoms with Crippen LogP contribution < -0.4 is 5.32 Å². The smallest absolute Gasteiger partial charge is 0.243 e. The number of amides is 2. The molecule has 4 aromatic rings. The van der Waals surface area contributed by atoms with Crippen LogP contribution in [-0.4, -0.2) is 55.1 Å². The second-order valence-electron chi connectivity index (χ2n) is 10.8. The summed E-state index contributed by atoms with van der Waals surface area (Å²) in [7, 11) is -2.58. The molecule has 0 bridgehead atoms. The number of aryl methyl sites for hydroxylation is 1. The minimum absolute atomic E-state index is 0.0809. The largest absolute Gasteiger partial charge is 0.352 e. The third-order valence-corrected chi connectivity index (χ3v) is 9.29. The Kier molecular flexibility index (Phi) is 10.1. The van der Waals surface area contributed by atoms with E-state index in [1.165, 1.54) is 11.9 Å². The molecule has 0 aliphatic heterocycles. The molecule has 7 nitrogen and oxygen atoms in total. The van der Waals surface area contributed by atoms with E-state index in [1.54, 1.807) is 18.2 Å². The van der Waals surface area contributed by atoms with Crippen molar-refractivity contribution in [2.24, 2.45) is 0 Å². The Morgan fingerprint density at radius 1 is 0.833 bits per heavy atom. The SMILES string of the molecule is CCC(C)NC(=O)C(Cc1ccccc1)N(Cc1cccc(C)c1)C(=O)CN(C)S(=O)(=O)c1ccc2ccccc2c1. The van der Waals surface area contributed by atoms with Crippen molar-refractivity contribution < 1.29 is 18.0 Å². The van der Waals surface area contributed by atoms with Crippen molar-refractivity contribution in [2.75, 3.05) is 13.6 Å². The summed E-state index contributed by atoms with van der Waals surface area (Å²) < 4.78 is 28.2. The van der Waals surface area contributed by atoms with Gasteiger partial charge >= 0.3 is 0 Å². The maximum absolute atomic E-state index is 14.1. The summed E-state index contributed by atoms with van der Waals surface area (Å²) in [5.74, 6) is -0.724. The van der Waals surface area contributed by atoms with Crippen molar-refractivity contribution in [2.45, 2.75) is 57.1 Å². The minimum atomic E-state index is -3.98. The topological polar surface area (TPSA) is 86.8 Å². The molecule has 0 saturated carbocycles. The van der Waals surface area contributed by atoms with E-state index in [0.717, 1.165) is 38.2 Å². The van der Waals surface area contributed by atoms with E-state index in [0.29, 0.717) is 6.42 Å². The van der Waals surface area contributed by atoms with Crippen LogP contribution in [0.1, 0.15) is 37.0 Å². The number of rotatable bonds is 12. The normalized spacial score (nSPS) is 13.1. The molecule has 2 amide bonds. The monoisotopic (exact) mass is 585 g/mol. The quantitative estimate of drug-likeness (QED) is 0.244. The number of benzene rings is 4. The van der Waals surface area contributed by atoms with Crippen LogP contribution in [0.15, 0.2) is 102 Å². The summed E-state index contributed by atoms with van der Waals surface area (Å²) in [5.41, 5.74) is 2.79. The van der Waals surface area contributed by atoms with Crippen LogP contribution in [0.25, 0.3) is 10.8 Å². The zero-order valence-electron chi connectivity index (χ0n) is 24.7. The third-order valence-electron chi connectivity index (χ3n) is 7.49. The first-order valence-electron chi connectivity index (χ1n) is 14.2. The van der Waals surface area contributed by atoms with Gasteiger partial charge < -0.3 is 10.2 Å². The van der Waals surface area contributed by atoms with E-state index >= 15 is 0 Å². The van der Waals surface area contributed by atoms with Gasteiger partial charge in [-0.3, -0.25) is 9.59 Å². The first kappa shape index (κ1) is 30.9. The van der Waals surface area contributed by atoms with Gasteiger partial charge in [-0.1, -0.05) is 97.4 Å². The summed E-state index contributed by atoms with van der Waals surface area (Å²) in [6, 6.07) is 28.9. The van der Waals surface area contributed by atoms with Gasteiger partial charge in [0.1, 0.15) is 6.04 Å². The first-order chi connectivity index (χ1) is 20.1. The molecular formula is C34H39N3O4S. The van der Waals surface area contributed by atoms with Crippen LogP contribution in [0, 0.1) is 6.92 Å². The molecule has 1 N–H and O–H groups in total. The second kappa shape index (κ2) is 13.8. The lowest BCUT2D eigenvalue weighted by atomic mass is 10.0. The molecule has 0 saturated heterocycles. The number of nitrogens with zero attached hydrogens (tertiary/aromatic N) is 2. The van der Waals surface area contributed by atoms with Crippen LogP contribution in [0.2, 0.25) is 0 Å². The number of carbonyl (C=O) groups is 2. The lowest BCUT2D eigenvalue weighted by Crippen LogP contribution is -2.54. The maximum atomic E-state index is 14.1. The van der Waals surface area contributed by atoms with Crippen molar-refractivity contribution in [1.82, 2.24) is 14.5 Å². The fraction of sp³-hybridized carbons (Fsp3) is 0.294. The standard InChI is InChI=1S/C34H39N3O4S/c1-5-26(3)35-34(39)32(21-27-13-7-6-8-14-27)37(23-28-15-11-12-25(2)20-28)33(38)24-36(4)42(40,41)31-19-18-29-16-9-10-17-30(29)22-31/h6-20,22,26,32H,5,21,23-24H2,1-4H3,(H,35,39). The van der Waals surface area contributed by atoms with E-state index < -0.39 is 28.5 Å². The number of carbonyl (C=O) groups excluding carboxylic acids is 2. The predicted octanol–water partition coefficient (Wildman–Crippen LogP) is 5.32. The summed E-state index contributed by atoms with van der Waals surface area (Å²) in [6.07, 6.45) is 1.03. The molecule has 0 heterocycles. The fourth-order valence-electron chi connectivity index (χ4n) is 4.88. The Hall–Kier alpha value is -4.01. The van der Waals surface area contributed by atoms with Crippen LogP contribution in [0.4, 0.5) is 0 Å². The highest BCUT2D eigenvalue weighted by atomic mass is 32.2. The minimum Gasteiger partial charge on any atom is -0.352 e. The number of likely N-dealkylation sites (N-methyl/N-ethyl adjacent to an activating group) is 1. The van der Waals surface area contributed by atoms with Crippen molar-refractivity contribution in [3.05, 3.63) is 114 Å². The van der Waals surface area contributed by atoms with Gasteiger partial charge in [-0.05, 0) is 54.3 Å². The molecule has 4 aromatic carbocycles. The number of hydrogen-bond donors (Lipinski definition) is 1. The zero-order chi connectivity index (χ0) is 30.3. The summed E-state index contributed by atoms with van der Waals surface area (Å²) >= 11 is 0. The van der Waals surface area contributed by atoms with Gasteiger partial charge in [-0.25, -0.2) is 8.42 Å². The van der Waals surface area contributed by atoms with E-state index in [4.69, 9.17) is 0 Å². The third kappa shape index (κ3) is 7.63. The van der Waals surface area contributed by atoms with Crippen molar-refractivity contribution in [3.63, 3.8) is 0 Å². The molecule has 0 radical (unpaired) electrons. The summed E-state index contributed by atoms with van der Waals surface area (Å²) in [6.45, 7) is 5.63. The van der Waals surface area contributed by atoms with Gasteiger partial charge in [-0.2, -0.15) is 4.31 Å². The van der Waals surface area contributed by atoms with Crippen molar-refractivity contribution in [3.8, 4) is 0 Å². The molecule has 4 rings (SSSR count). The van der Waals surface area contributed by atoms with E-state index in [2.05, 4.69) is 5.32 Å². The van der Waals surface area contributed by atoms with E-state index in [-0.39, 0.29) is 23.4 Å². The average molecular weight is 586 g/mol. The zero-order valence-corrected chi connectivity index (χ0v) is 25.5. The number of fused-ring (bicyclic) bond motifs is 1. The van der Waals surface area contributed by atoms with Crippen molar-refractivity contribution in [1.29, 1.82) is 0 Å². The molecular weight excluding hydrogens is 546 g/mol. The van der Waals surface area contributed by atoms with Crippen LogP contribution >= 0.6 is 0 Å². The second-order valence-corrected chi connectivity index (χ2v) is 12.8. The molecule has 42 heavy (non-hydrogen) atoms. The maximum Gasteiger partial charge on any atom is 0.243 e. The van der Waals surface area contributed by atoms with E-state index in [9.17, 15) is 18.0 Å². The Bertz CT molecular complexity index is 1640. The number of nitrogens with one attached hydrogen (secondary N) is 1. The van der Waals surface area contributed by atoms with Crippen LogP contribution in [0.3, 0.4) is 0 Å². The molecule has 0 spiro atoms. The Labute approximate surface area is 249 Å². The van der Waals surface area contributed by atoms with Gasteiger partial charge in [0.25, 0.3) is 0 Å². The number of sulfonamides is 1. The van der Waals surface area contributed by atoms with Gasteiger partial charge in [0, 0.05) is 26.1 Å². The predicted molar refractivity (Wildman–Crippen MR) is 167 cm³/mol. The Morgan fingerprint density at radius 3 is 2.19 bits per heavy atom. The highest BCUT2D eigenvalue weighted by Crippen LogP contribution is 2.22. The highest BCUT2D eigenvalue weighted by Gasteiger charge is 2.33. The fourth-order valence-corrected chi connectivity index (χ4v) is 6.03. The van der Waals surface area contributed by atoms with Gasteiger partial charge in [0.05, 0.1) is 11.4 Å². The summed E-state index contributed by atoms with van der Waals surface area (Å²) in [4.78, 5) is 29.4. The highest BCUT2D eigenvalue weighted by molar-refractivity contribution is 7.89. The molecule has 220 valence electrons. The molecule has 8 heteroatoms. The molecule has 2 atom stereocenters. The molecule has 0 aliphatic rings. The molecule has 0 fully saturated rings. The van der Waals surface area contributed by atoms with Gasteiger partial charge in [-0.15, -0.1) is 0 Å². The average Bonchev–Trinajstić information content (AvgIpc) is 2.98. The van der Waals surface area contributed by atoms with E-state index in [1.807, 2.05) is 99.6 Å². The van der Waals surface area contributed by atoms with Gasteiger partial charge in [0.15, 0.2) is 0 Å². The van der Waals surface area contributed by atoms with Crippen molar-refractivity contribution >= 4 is 32.6 Å². The van der Waals surface area contributed by atoms with Crippen LogP contribution in [-0.2, 0) is 32.6 Å². The number of hydrogen-bond acceptors (Lipinski definition) is 4. The Morgan fingerprint density at radius 2 is 1.50 bits per heavy atom. The summed E-state index contributed by atoms with van der Waals surface area (Å²) in [5, 5.41) is 4.77. The van der Waals surface area contributed by atoms with Crippen LogP contribution in [0.5, 0.6) is 0 Å². The Balaban J connectivity index is 1.68. The first-order valence-corrected chi connectivity index (χ1v) is 15.7. The molecule has 2 unspecified atom stereocenters. The molecule has 0 aromatic heterocycles. The lowest BCUT2D eigenvalue weighted by Gasteiger charge is -2.33. The molecule has 0 aliphatic carbocycles.